The highest BCUT2D eigenvalue weighted by atomic mass is 35.5. The second kappa shape index (κ2) is 8.41. The Balaban J connectivity index is 1.74. The lowest BCUT2D eigenvalue weighted by molar-refractivity contribution is 0.0950. The third-order valence-electron chi connectivity index (χ3n) is 3.76. The van der Waals surface area contributed by atoms with Gasteiger partial charge in [0.1, 0.15) is 16.5 Å². The van der Waals surface area contributed by atoms with E-state index in [-0.39, 0.29) is 27.1 Å². The number of halogens is 2. The third-order valence-corrected chi connectivity index (χ3v) is 5.49. The summed E-state index contributed by atoms with van der Waals surface area (Å²) in [5, 5.41) is 2.45. The first kappa shape index (κ1) is 19.9. The average molecular weight is 420 g/mol. The maximum Gasteiger partial charge on any atom is 0.340 e. The zero-order chi connectivity index (χ0) is 20.1. The Morgan fingerprint density at radius 2 is 1.75 bits per heavy atom. The van der Waals surface area contributed by atoms with Crippen LogP contribution in [-0.4, -0.2) is 14.3 Å². The van der Waals surface area contributed by atoms with Crippen LogP contribution in [0.3, 0.4) is 0 Å². The molecule has 3 aromatic carbocycles. The summed E-state index contributed by atoms with van der Waals surface area (Å²) >= 11 is 5.80. The fourth-order valence-corrected chi connectivity index (χ4v) is 3.85. The van der Waals surface area contributed by atoms with E-state index in [0.717, 1.165) is 23.8 Å². The van der Waals surface area contributed by atoms with Crippen molar-refractivity contribution < 1.29 is 21.8 Å². The SMILES string of the molecule is O=C(NCc1ccccc1)c1cccc(OS(=O)(=O)c2ccc(F)cc2Cl)c1. The van der Waals surface area contributed by atoms with E-state index in [1.807, 2.05) is 30.3 Å². The molecule has 0 aliphatic carbocycles. The van der Waals surface area contributed by atoms with Crippen LogP contribution in [0.15, 0.2) is 77.7 Å². The van der Waals surface area contributed by atoms with Gasteiger partial charge in [0.05, 0.1) is 5.02 Å². The molecule has 0 spiro atoms. The molecule has 0 saturated heterocycles. The van der Waals surface area contributed by atoms with Gasteiger partial charge < -0.3 is 9.50 Å². The highest BCUT2D eigenvalue weighted by molar-refractivity contribution is 7.87. The maximum absolute atomic E-state index is 13.1. The fraction of sp³-hybridized carbons (Fsp3) is 0.0500. The second-order valence-corrected chi connectivity index (χ2v) is 7.73. The van der Waals surface area contributed by atoms with Crippen LogP contribution < -0.4 is 9.50 Å². The standard InChI is InChI=1S/C20H15ClFNO4S/c21-18-12-16(22)9-10-19(18)28(25,26)27-17-8-4-7-15(11-17)20(24)23-13-14-5-2-1-3-6-14/h1-12H,13H2,(H,23,24). The van der Waals surface area contributed by atoms with Gasteiger partial charge in [-0.15, -0.1) is 0 Å². The van der Waals surface area contributed by atoms with Gasteiger partial charge in [0.2, 0.25) is 0 Å². The number of nitrogens with one attached hydrogen (secondary N) is 1. The van der Waals surface area contributed by atoms with Gasteiger partial charge in [0, 0.05) is 12.1 Å². The molecule has 8 heteroatoms. The summed E-state index contributed by atoms with van der Waals surface area (Å²) in [5.41, 5.74) is 1.16. The van der Waals surface area contributed by atoms with Gasteiger partial charge in [-0.05, 0) is 42.0 Å². The van der Waals surface area contributed by atoms with Crippen LogP contribution in [0.4, 0.5) is 4.39 Å². The van der Waals surface area contributed by atoms with Crippen LogP contribution in [0.1, 0.15) is 15.9 Å². The Kier molecular flexibility index (Phi) is 5.96. The zero-order valence-electron chi connectivity index (χ0n) is 14.4. The maximum atomic E-state index is 13.1. The van der Waals surface area contributed by atoms with Gasteiger partial charge in [0.25, 0.3) is 5.91 Å². The molecule has 0 fully saturated rings. The van der Waals surface area contributed by atoms with Crippen molar-refractivity contribution in [1.82, 2.24) is 5.32 Å². The summed E-state index contributed by atoms with van der Waals surface area (Å²) in [6.07, 6.45) is 0. The summed E-state index contributed by atoms with van der Waals surface area (Å²) in [5.74, 6) is -1.11. The lowest BCUT2D eigenvalue weighted by atomic mass is 10.2. The first-order valence-corrected chi connectivity index (χ1v) is 9.95. The Morgan fingerprint density at radius 3 is 2.46 bits per heavy atom. The minimum absolute atomic E-state index is 0.0623. The molecular formula is C20H15ClFNO4S. The van der Waals surface area contributed by atoms with E-state index < -0.39 is 15.9 Å². The van der Waals surface area contributed by atoms with Gasteiger partial charge in [-0.1, -0.05) is 48.0 Å². The van der Waals surface area contributed by atoms with Crippen LogP contribution >= 0.6 is 11.6 Å². The van der Waals surface area contributed by atoms with Crippen molar-refractivity contribution >= 4 is 27.6 Å². The van der Waals surface area contributed by atoms with E-state index in [1.165, 1.54) is 24.3 Å². The smallest absolute Gasteiger partial charge is 0.340 e. The molecule has 0 aliphatic heterocycles. The van der Waals surface area contributed by atoms with Crippen LogP contribution in [0.25, 0.3) is 0 Å². The Labute approximate surface area is 166 Å². The molecule has 0 aromatic heterocycles. The van der Waals surface area contributed by atoms with Crippen molar-refractivity contribution in [2.75, 3.05) is 0 Å². The van der Waals surface area contributed by atoms with Gasteiger partial charge in [-0.25, -0.2) is 4.39 Å². The largest absolute Gasteiger partial charge is 0.379 e. The molecule has 0 aliphatic rings. The van der Waals surface area contributed by atoms with E-state index >= 15 is 0 Å². The number of amides is 1. The summed E-state index contributed by atoms with van der Waals surface area (Å²) in [4.78, 5) is 12.0. The molecule has 0 unspecified atom stereocenters. The van der Waals surface area contributed by atoms with E-state index in [2.05, 4.69) is 5.32 Å². The Morgan fingerprint density at radius 1 is 1.00 bits per heavy atom. The molecule has 5 nitrogen and oxygen atoms in total. The zero-order valence-corrected chi connectivity index (χ0v) is 16.0. The van der Waals surface area contributed by atoms with Crippen LogP contribution in [0.2, 0.25) is 5.02 Å². The van der Waals surface area contributed by atoms with Gasteiger partial charge >= 0.3 is 10.1 Å². The summed E-state index contributed by atoms with van der Waals surface area (Å²) in [7, 11) is -4.29. The minimum atomic E-state index is -4.29. The summed E-state index contributed by atoms with van der Waals surface area (Å²) in [6, 6.07) is 17.9. The highest BCUT2D eigenvalue weighted by Gasteiger charge is 2.21. The molecule has 3 rings (SSSR count). The fourth-order valence-electron chi connectivity index (χ4n) is 2.42. The van der Waals surface area contributed by atoms with Gasteiger partial charge in [-0.3, -0.25) is 4.79 Å². The lowest BCUT2D eigenvalue weighted by Gasteiger charge is -2.10. The molecule has 0 bridgehead atoms. The predicted octanol–water partition coefficient (Wildman–Crippen LogP) is 4.18. The van der Waals surface area contributed by atoms with Crippen LogP contribution in [0.5, 0.6) is 5.75 Å². The summed E-state index contributed by atoms with van der Waals surface area (Å²) < 4.78 is 43.0. The first-order valence-electron chi connectivity index (χ1n) is 8.17. The van der Waals surface area contributed by atoms with Crippen molar-refractivity contribution in [2.24, 2.45) is 0 Å². The van der Waals surface area contributed by atoms with Crippen LogP contribution in [0, 0.1) is 5.82 Å². The summed E-state index contributed by atoms with van der Waals surface area (Å²) in [6.45, 7) is 0.328. The predicted molar refractivity (Wildman–Crippen MR) is 103 cm³/mol. The van der Waals surface area contributed by atoms with Crippen molar-refractivity contribution in [3.8, 4) is 5.75 Å². The molecule has 28 heavy (non-hydrogen) atoms. The monoisotopic (exact) mass is 419 g/mol. The molecule has 3 aromatic rings. The van der Waals surface area contributed by atoms with Crippen LogP contribution in [-0.2, 0) is 16.7 Å². The first-order chi connectivity index (χ1) is 13.3. The Hall–Kier alpha value is -2.90. The molecule has 1 N–H and O–H groups in total. The van der Waals surface area contributed by atoms with Crippen molar-refractivity contribution in [1.29, 1.82) is 0 Å². The van der Waals surface area contributed by atoms with Crippen molar-refractivity contribution in [2.45, 2.75) is 11.4 Å². The average Bonchev–Trinajstić information content (AvgIpc) is 2.66. The number of rotatable bonds is 6. The molecule has 0 heterocycles. The molecular weight excluding hydrogens is 405 g/mol. The number of hydrogen-bond donors (Lipinski definition) is 1. The van der Waals surface area contributed by atoms with E-state index in [0.29, 0.717) is 6.54 Å². The third kappa shape index (κ3) is 4.88. The van der Waals surface area contributed by atoms with Gasteiger partial charge in [0.15, 0.2) is 0 Å². The highest BCUT2D eigenvalue weighted by Crippen LogP contribution is 2.26. The molecule has 0 atom stereocenters. The van der Waals surface area contributed by atoms with Crippen molar-refractivity contribution in [3.63, 3.8) is 0 Å². The minimum Gasteiger partial charge on any atom is -0.379 e. The lowest BCUT2D eigenvalue weighted by Crippen LogP contribution is -2.22. The normalized spacial score (nSPS) is 11.1. The van der Waals surface area contributed by atoms with E-state index in [1.54, 1.807) is 0 Å². The number of carbonyl (C=O) groups excluding carboxylic acids is 1. The molecule has 0 saturated carbocycles. The van der Waals surface area contributed by atoms with E-state index in [9.17, 15) is 17.6 Å². The molecule has 0 radical (unpaired) electrons. The van der Waals surface area contributed by atoms with Gasteiger partial charge in [-0.2, -0.15) is 8.42 Å². The number of carbonyl (C=O) groups is 1. The number of hydrogen-bond acceptors (Lipinski definition) is 4. The topological polar surface area (TPSA) is 72.5 Å². The quantitative estimate of drug-likeness (QED) is 0.608. The second-order valence-electron chi connectivity index (χ2n) is 5.81. The molecule has 1 amide bonds. The van der Waals surface area contributed by atoms with Crippen molar-refractivity contribution in [3.05, 3.63) is 94.8 Å². The molecule has 144 valence electrons. The van der Waals surface area contributed by atoms with E-state index in [4.69, 9.17) is 15.8 Å². The Bertz CT molecular complexity index is 1100. The number of benzene rings is 3.